The molecule has 2 aromatic rings. The van der Waals surface area contributed by atoms with Crippen LogP contribution in [-0.4, -0.2) is 23.3 Å². The van der Waals surface area contributed by atoms with E-state index < -0.39 is 5.97 Å². The molecule has 0 aliphatic carbocycles. The monoisotopic (exact) mass is 343 g/mol. The molecule has 2 rings (SSSR count). The van der Waals surface area contributed by atoms with Gasteiger partial charge in [0.1, 0.15) is 5.75 Å². The largest absolute Gasteiger partial charge is 0.507 e. The maximum Gasteiger partial charge on any atom is 0.338 e. The van der Waals surface area contributed by atoms with Gasteiger partial charge in [0.2, 0.25) is 0 Å². The number of esters is 1. The summed E-state index contributed by atoms with van der Waals surface area (Å²) < 4.78 is 10.2. The first-order valence-corrected chi connectivity index (χ1v) is 8.35. The number of hydrogen-bond acceptors (Lipinski definition) is 5. The van der Waals surface area contributed by atoms with E-state index in [-0.39, 0.29) is 17.6 Å². The number of carbonyl (C=O) groups excluding carboxylic acids is 1. The Labute approximate surface area is 148 Å². The molecule has 25 heavy (non-hydrogen) atoms. The lowest BCUT2D eigenvalue weighted by Crippen LogP contribution is -2.06. The Hall–Kier alpha value is -2.56. The molecular formula is C20H25NO4. The quantitative estimate of drug-likeness (QED) is 0.632. The molecule has 0 unspecified atom stereocenters. The van der Waals surface area contributed by atoms with Gasteiger partial charge in [-0.3, -0.25) is 0 Å². The average molecular weight is 343 g/mol. The fourth-order valence-corrected chi connectivity index (χ4v) is 2.68. The van der Waals surface area contributed by atoms with Crippen molar-refractivity contribution < 1.29 is 19.2 Å². The van der Waals surface area contributed by atoms with E-state index in [0.717, 1.165) is 16.8 Å². The number of methoxy groups -OCH3 is 1. The summed E-state index contributed by atoms with van der Waals surface area (Å²) in [5, 5.41) is 14.4. The second kappa shape index (κ2) is 7.55. The number of aromatic hydroxyl groups is 1. The number of aromatic nitrogens is 1. The van der Waals surface area contributed by atoms with Crippen molar-refractivity contribution in [3.8, 4) is 5.75 Å². The number of ether oxygens (including phenoxy) is 1. The number of nitrogens with zero attached hydrogens (tertiary/aromatic N) is 1. The van der Waals surface area contributed by atoms with Gasteiger partial charge in [-0.1, -0.05) is 32.9 Å². The van der Waals surface area contributed by atoms with Gasteiger partial charge in [0, 0.05) is 6.07 Å². The minimum absolute atomic E-state index is 0.115. The van der Waals surface area contributed by atoms with Gasteiger partial charge < -0.3 is 14.4 Å². The molecule has 1 N–H and O–H groups in total. The molecular weight excluding hydrogens is 318 g/mol. The molecule has 0 radical (unpaired) electrons. The predicted molar refractivity (Wildman–Crippen MR) is 97.4 cm³/mol. The van der Waals surface area contributed by atoms with Crippen LogP contribution in [-0.2, 0) is 9.53 Å². The van der Waals surface area contributed by atoms with Gasteiger partial charge >= 0.3 is 5.97 Å². The molecule has 1 aromatic carbocycles. The van der Waals surface area contributed by atoms with Crippen molar-refractivity contribution in [1.29, 1.82) is 0 Å². The summed E-state index contributed by atoms with van der Waals surface area (Å²) in [5.41, 5.74) is 3.37. The molecule has 0 saturated heterocycles. The Kier molecular flexibility index (Phi) is 5.67. The van der Waals surface area contributed by atoms with Crippen molar-refractivity contribution in [2.75, 3.05) is 7.11 Å². The van der Waals surface area contributed by atoms with Crippen LogP contribution in [0.25, 0.3) is 11.6 Å². The van der Waals surface area contributed by atoms with Crippen molar-refractivity contribution in [2.24, 2.45) is 0 Å². The van der Waals surface area contributed by atoms with Crippen molar-refractivity contribution >= 4 is 17.6 Å². The summed E-state index contributed by atoms with van der Waals surface area (Å²) in [7, 11) is 1.34. The smallest absolute Gasteiger partial charge is 0.338 e. The molecule has 0 aliphatic rings. The standard InChI is InChI=1S/C20H25NO4/c1-11(2)16-8-14(9-17(12(3)4)19(16)22)18(20(23)24-6)10-15-7-13(5)21-25-15/h7-12,22H,1-6H3. The number of hydrogen-bond donors (Lipinski definition) is 1. The highest BCUT2D eigenvalue weighted by molar-refractivity contribution is 6.21. The van der Waals surface area contributed by atoms with E-state index in [1.54, 1.807) is 12.1 Å². The fourth-order valence-electron chi connectivity index (χ4n) is 2.68. The van der Waals surface area contributed by atoms with Crippen LogP contribution in [0, 0.1) is 6.92 Å². The molecule has 0 atom stereocenters. The maximum atomic E-state index is 12.4. The molecule has 134 valence electrons. The summed E-state index contributed by atoms with van der Waals surface area (Å²) in [5.74, 6) is 0.522. The molecule has 5 heteroatoms. The van der Waals surface area contributed by atoms with E-state index in [1.807, 2.05) is 46.8 Å². The molecule has 0 bridgehead atoms. The van der Waals surface area contributed by atoms with Gasteiger partial charge in [-0.2, -0.15) is 0 Å². The molecule has 0 spiro atoms. The van der Waals surface area contributed by atoms with Gasteiger partial charge in [0.25, 0.3) is 0 Å². The molecule has 1 aromatic heterocycles. The van der Waals surface area contributed by atoms with Gasteiger partial charge in [-0.15, -0.1) is 0 Å². The third-order valence-corrected chi connectivity index (χ3v) is 4.06. The molecule has 0 saturated carbocycles. The van der Waals surface area contributed by atoms with Crippen LogP contribution < -0.4 is 0 Å². The van der Waals surface area contributed by atoms with Gasteiger partial charge in [0.05, 0.1) is 18.4 Å². The van der Waals surface area contributed by atoms with Gasteiger partial charge in [-0.25, -0.2) is 4.79 Å². The average Bonchev–Trinajstić information content (AvgIpc) is 2.97. The van der Waals surface area contributed by atoms with Gasteiger partial charge in [-0.05, 0) is 53.7 Å². The van der Waals surface area contributed by atoms with Gasteiger partial charge in [0.15, 0.2) is 5.76 Å². The zero-order valence-corrected chi connectivity index (χ0v) is 15.6. The second-order valence-electron chi connectivity index (χ2n) is 6.73. The first-order valence-electron chi connectivity index (χ1n) is 8.35. The third-order valence-electron chi connectivity index (χ3n) is 4.06. The van der Waals surface area contributed by atoms with E-state index in [1.165, 1.54) is 7.11 Å². The maximum absolute atomic E-state index is 12.4. The molecule has 5 nitrogen and oxygen atoms in total. The molecule has 0 aliphatic heterocycles. The van der Waals surface area contributed by atoms with Crippen LogP contribution in [0.1, 0.15) is 67.7 Å². The molecule has 0 amide bonds. The lowest BCUT2D eigenvalue weighted by atomic mass is 9.89. The number of benzene rings is 1. The first-order chi connectivity index (χ1) is 11.7. The van der Waals surface area contributed by atoms with E-state index >= 15 is 0 Å². The fraction of sp³-hybridized carbons (Fsp3) is 0.400. The minimum Gasteiger partial charge on any atom is -0.507 e. The molecule has 1 heterocycles. The number of phenols is 1. The number of rotatable bonds is 5. The highest BCUT2D eigenvalue weighted by atomic mass is 16.5. The van der Waals surface area contributed by atoms with Crippen molar-refractivity contribution in [3.63, 3.8) is 0 Å². The topological polar surface area (TPSA) is 72.6 Å². The Morgan fingerprint density at radius 2 is 1.72 bits per heavy atom. The van der Waals surface area contributed by atoms with Crippen LogP contribution in [0.5, 0.6) is 5.75 Å². The summed E-state index contributed by atoms with van der Waals surface area (Å²) in [4.78, 5) is 12.4. The Morgan fingerprint density at radius 1 is 1.16 bits per heavy atom. The van der Waals surface area contributed by atoms with Crippen molar-refractivity contribution in [2.45, 2.75) is 46.5 Å². The number of aryl methyl sites for hydroxylation is 1. The van der Waals surface area contributed by atoms with Crippen LogP contribution in [0.2, 0.25) is 0 Å². The predicted octanol–water partition coefficient (Wildman–Crippen LogP) is 4.65. The zero-order valence-electron chi connectivity index (χ0n) is 15.6. The zero-order chi connectivity index (χ0) is 18.7. The minimum atomic E-state index is -0.468. The van der Waals surface area contributed by atoms with Crippen molar-refractivity contribution in [1.82, 2.24) is 5.16 Å². The van der Waals surface area contributed by atoms with Crippen LogP contribution in [0.4, 0.5) is 0 Å². The normalized spacial score (nSPS) is 12.1. The third kappa shape index (κ3) is 4.10. The van der Waals surface area contributed by atoms with E-state index in [0.29, 0.717) is 16.9 Å². The highest BCUT2D eigenvalue weighted by Gasteiger charge is 2.20. The number of carbonyl (C=O) groups is 1. The van der Waals surface area contributed by atoms with Crippen molar-refractivity contribution in [3.05, 3.63) is 46.3 Å². The Morgan fingerprint density at radius 3 is 2.12 bits per heavy atom. The lowest BCUT2D eigenvalue weighted by Gasteiger charge is -2.18. The van der Waals surface area contributed by atoms with Crippen LogP contribution in [0.3, 0.4) is 0 Å². The lowest BCUT2D eigenvalue weighted by molar-refractivity contribution is -0.133. The second-order valence-corrected chi connectivity index (χ2v) is 6.73. The summed E-state index contributed by atoms with van der Waals surface area (Å²) in [6.45, 7) is 9.83. The van der Waals surface area contributed by atoms with E-state index in [2.05, 4.69) is 5.16 Å². The van der Waals surface area contributed by atoms with Crippen LogP contribution in [0.15, 0.2) is 22.7 Å². The first kappa shape index (κ1) is 18.8. The summed E-state index contributed by atoms with van der Waals surface area (Å²) in [6.07, 6.45) is 1.62. The molecule has 0 fully saturated rings. The summed E-state index contributed by atoms with van der Waals surface area (Å²) >= 11 is 0. The Bertz CT molecular complexity index is 771. The van der Waals surface area contributed by atoms with E-state index in [9.17, 15) is 9.90 Å². The van der Waals surface area contributed by atoms with Crippen LogP contribution >= 0.6 is 0 Å². The Balaban J connectivity index is 2.68. The van der Waals surface area contributed by atoms with E-state index in [4.69, 9.17) is 9.26 Å². The SMILES string of the molecule is COC(=O)C(=Cc1cc(C)no1)c1cc(C(C)C)c(O)c(C(C)C)c1. The summed E-state index contributed by atoms with van der Waals surface area (Å²) in [6, 6.07) is 5.41. The highest BCUT2D eigenvalue weighted by Crippen LogP contribution is 2.37. The number of phenolic OH excluding ortho intramolecular Hbond substituents is 1.